The molecular weight excluding hydrogens is 232 g/mol. The summed E-state index contributed by atoms with van der Waals surface area (Å²) in [5, 5.41) is 29.3. The average Bonchev–Trinajstić information content (AvgIpc) is 2.78. The number of rotatable bonds is 5. The van der Waals surface area contributed by atoms with E-state index in [1.807, 2.05) is 0 Å². The van der Waals surface area contributed by atoms with Gasteiger partial charge in [-0.05, 0) is 12.8 Å². The highest BCUT2D eigenvalue weighted by Gasteiger charge is 2.36. The first kappa shape index (κ1) is 14.7. The Hall–Kier alpha value is -1.36. The summed E-state index contributed by atoms with van der Waals surface area (Å²) in [6.07, 6.45) is 4.71. The van der Waals surface area contributed by atoms with Crippen LogP contribution in [0.3, 0.4) is 0 Å². The zero-order valence-electron chi connectivity index (χ0n) is 11.0. The number of aliphatic hydroxyl groups is 2. The quantitative estimate of drug-likeness (QED) is 0.444. The van der Waals surface area contributed by atoms with E-state index in [1.165, 1.54) is 6.08 Å². The minimum atomic E-state index is -0.545. The first-order chi connectivity index (χ1) is 8.41. The number of amides is 1. The Morgan fingerprint density at radius 1 is 1.44 bits per heavy atom. The van der Waals surface area contributed by atoms with Gasteiger partial charge in [-0.25, -0.2) is 0 Å². The van der Waals surface area contributed by atoms with Crippen LogP contribution in [0.25, 0.3) is 0 Å². The Bertz CT molecular complexity index is 355. The Labute approximate surface area is 107 Å². The van der Waals surface area contributed by atoms with Crippen molar-refractivity contribution in [3.05, 3.63) is 12.0 Å². The number of carbonyl (C=O) groups excluding carboxylic acids is 1. The zero-order chi connectivity index (χ0) is 13.8. The molecule has 0 spiro atoms. The van der Waals surface area contributed by atoms with Gasteiger partial charge in [0.1, 0.15) is 0 Å². The third-order valence-corrected chi connectivity index (χ3v) is 3.49. The summed E-state index contributed by atoms with van der Waals surface area (Å²) in [6, 6.07) is 0. The van der Waals surface area contributed by atoms with Gasteiger partial charge in [-0.1, -0.05) is 26.7 Å². The zero-order valence-corrected chi connectivity index (χ0v) is 11.0. The molecule has 0 radical (unpaired) electrons. The summed E-state index contributed by atoms with van der Waals surface area (Å²) >= 11 is 0. The van der Waals surface area contributed by atoms with Crippen molar-refractivity contribution in [2.75, 3.05) is 6.61 Å². The second kappa shape index (κ2) is 6.00. The van der Waals surface area contributed by atoms with Crippen LogP contribution < -0.4 is 5.32 Å². The molecular formula is C13H22N2O3. The van der Waals surface area contributed by atoms with Crippen LogP contribution in [0.5, 0.6) is 0 Å². The summed E-state index contributed by atoms with van der Waals surface area (Å²) < 4.78 is 0. The van der Waals surface area contributed by atoms with E-state index in [0.29, 0.717) is 0 Å². The molecule has 0 aromatic rings. The molecule has 0 aliphatic heterocycles. The first-order valence-electron chi connectivity index (χ1n) is 6.33. The number of hydrogen-bond donors (Lipinski definition) is 4. The standard InChI is InChI=1S/C13H22N2O3/c1-9(2)12(18)15-11(17)7-10(14)13(8-16)5-3-4-6-13/h7,9,14,16-17H,3-6,8H2,1-2H3,(H,15,18)/b11-7-,14-10?. The van der Waals surface area contributed by atoms with Gasteiger partial charge in [-0.2, -0.15) is 0 Å². The third kappa shape index (κ3) is 3.32. The monoisotopic (exact) mass is 254 g/mol. The molecule has 0 bridgehead atoms. The highest BCUT2D eigenvalue weighted by Crippen LogP contribution is 2.39. The Balaban J connectivity index is 2.70. The molecule has 1 fully saturated rings. The largest absolute Gasteiger partial charge is 0.494 e. The molecule has 5 nitrogen and oxygen atoms in total. The van der Waals surface area contributed by atoms with E-state index in [1.54, 1.807) is 13.8 Å². The summed E-state index contributed by atoms with van der Waals surface area (Å²) in [4.78, 5) is 11.4. The smallest absolute Gasteiger partial charge is 0.229 e. The lowest BCUT2D eigenvalue weighted by molar-refractivity contribution is -0.123. The van der Waals surface area contributed by atoms with E-state index >= 15 is 0 Å². The predicted octanol–water partition coefficient (Wildman–Crippen LogP) is 1.73. The summed E-state index contributed by atoms with van der Waals surface area (Å²) in [6.45, 7) is 3.36. The van der Waals surface area contributed by atoms with E-state index in [4.69, 9.17) is 5.41 Å². The van der Waals surface area contributed by atoms with Crippen LogP contribution in [-0.2, 0) is 4.79 Å². The van der Waals surface area contributed by atoms with Crippen molar-refractivity contribution < 1.29 is 15.0 Å². The van der Waals surface area contributed by atoms with Crippen LogP contribution in [0.15, 0.2) is 12.0 Å². The maximum absolute atomic E-state index is 11.4. The molecule has 1 saturated carbocycles. The van der Waals surface area contributed by atoms with Crippen molar-refractivity contribution in [3.8, 4) is 0 Å². The molecule has 0 unspecified atom stereocenters. The van der Waals surface area contributed by atoms with Crippen LogP contribution in [0, 0.1) is 16.7 Å². The second-order valence-electron chi connectivity index (χ2n) is 5.23. The van der Waals surface area contributed by atoms with Crippen LogP contribution in [0.1, 0.15) is 39.5 Å². The van der Waals surface area contributed by atoms with E-state index in [2.05, 4.69) is 5.32 Å². The first-order valence-corrected chi connectivity index (χ1v) is 6.33. The van der Waals surface area contributed by atoms with Crippen molar-refractivity contribution in [2.45, 2.75) is 39.5 Å². The number of allylic oxidation sites excluding steroid dienone is 1. The van der Waals surface area contributed by atoms with E-state index in [0.717, 1.165) is 25.7 Å². The van der Waals surface area contributed by atoms with Crippen molar-refractivity contribution >= 4 is 11.6 Å². The molecule has 1 rings (SSSR count). The van der Waals surface area contributed by atoms with Crippen molar-refractivity contribution in [1.29, 1.82) is 5.41 Å². The highest BCUT2D eigenvalue weighted by molar-refractivity contribution is 5.98. The van der Waals surface area contributed by atoms with Gasteiger partial charge in [0, 0.05) is 23.1 Å². The fraction of sp³-hybridized carbons (Fsp3) is 0.692. The normalized spacial score (nSPS) is 19.0. The van der Waals surface area contributed by atoms with Crippen LogP contribution in [-0.4, -0.2) is 28.4 Å². The van der Waals surface area contributed by atoms with Crippen LogP contribution >= 0.6 is 0 Å². The Kier molecular flexibility index (Phi) is 4.90. The molecule has 4 N–H and O–H groups in total. The molecule has 0 heterocycles. The van der Waals surface area contributed by atoms with Crippen LogP contribution in [0.4, 0.5) is 0 Å². The summed E-state index contributed by atoms with van der Waals surface area (Å²) in [5.74, 6) is -0.840. The van der Waals surface area contributed by atoms with Gasteiger partial charge in [-0.3, -0.25) is 10.1 Å². The summed E-state index contributed by atoms with van der Waals surface area (Å²) in [5.41, 5.74) is -0.361. The number of hydrogen-bond acceptors (Lipinski definition) is 4. The third-order valence-electron chi connectivity index (χ3n) is 3.49. The second-order valence-corrected chi connectivity index (χ2v) is 5.23. The van der Waals surface area contributed by atoms with E-state index < -0.39 is 5.41 Å². The Morgan fingerprint density at radius 3 is 2.44 bits per heavy atom. The molecule has 1 aliphatic rings. The van der Waals surface area contributed by atoms with Gasteiger partial charge in [0.15, 0.2) is 5.88 Å². The number of aliphatic hydroxyl groups excluding tert-OH is 2. The maximum Gasteiger partial charge on any atom is 0.229 e. The lowest BCUT2D eigenvalue weighted by Crippen LogP contribution is -2.32. The van der Waals surface area contributed by atoms with Gasteiger partial charge in [0.05, 0.1) is 6.61 Å². The van der Waals surface area contributed by atoms with E-state index in [9.17, 15) is 15.0 Å². The lowest BCUT2D eigenvalue weighted by atomic mass is 9.82. The molecule has 0 saturated heterocycles. The van der Waals surface area contributed by atoms with Gasteiger partial charge < -0.3 is 15.6 Å². The molecule has 0 aromatic heterocycles. The maximum atomic E-state index is 11.4. The number of carbonyl (C=O) groups is 1. The fourth-order valence-electron chi connectivity index (χ4n) is 2.16. The molecule has 5 heteroatoms. The predicted molar refractivity (Wildman–Crippen MR) is 69.4 cm³/mol. The minimum absolute atomic E-state index is 0.0895. The molecule has 1 aliphatic carbocycles. The average molecular weight is 254 g/mol. The van der Waals surface area contributed by atoms with Gasteiger partial charge >= 0.3 is 0 Å². The highest BCUT2D eigenvalue weighted by atomic mass is 16.3. The topological polar surface area (TPSA) is 93.4 Å². The molecule has 0 atom stereocenters. The van der Waals surface area contributed by atoms with E-state index in [-0.39, 0.29) is 30.0 Å². The van der Waals surface area contributed by atoms with Gasteiger partial charge in [0.2, 0.25) is 5.91 Å². The summed E-state index contributed by atoms with van der Waals surface area (Å²) in [7, 11) is 0. The Morgan fingerprint density at radius 2 is 2.00 bits per heavy atom. The minimum Gasteiger partial charge on any atom is -0.494 e. The molecule has 1 amide bonds. The molecule has 0 aromatic carbocycles. The SMILES string of the molecule is CC(C)C(=O)N/C(O)=C/C(=N)C1(CO)CCCC1. The van der Waals surface area contributed by atoms with Crippen molar-refractivity contribution in [1.82, 2.24) is 5.32 Å². The number of nitrogens with one attached hydrogen (secondary N) is 2. The molecule has 18 heavy (non-hydrogen) atoms. The van der Waals surface area contributed by atoms with Crippen LogP contribution in [0.2, 0.25) is 0 Å². The van der Waals surface area contributed by atoms with Crippen molar-refractivity contribution in [3.63, 3.8) is 0 Å². The lowest BCUT2D eigenvalue weighted by Gasteiger charge is -2.25. The van der Waals surface area contributed by atoms with Gasteiger partial charge in [0.25, 0.3) is 0 Å². The van der Waals surface area contributed by atoms with Gasteiger partial charge in [-0.15, -0.1) is 0 Å². The fourth-order valence-corrected chi connectivity index (χ4v) is 2.16. The van der Waals surface area contributed by atoms with Crippen molar-refractivity contribution in [2.24, 2.45) is 11.3 Å². The molecule has 102 valence electrons.